The molecule has 0 aromatic heterocycles. The number of rotatable bonds is 5. The van der Waals surface area contributed by atoms with Crippen LogP contribution in [0.15, 0.2) is 0 Å². The molecule has 0 aromatic carbocycles. The molecule has 0 aliphatic rings. The van der Waals surface area contributed by atoms with Gasteiger partial charge in [-0.05, 0) is 24.7 Å². The van der Waals surface area contributed by atoms with Crippen molar-refractivity contribution in [3.8, 4) is 0 Å². The Labute approximate surface area is 77.2 Å². The third kappa shape index (κ3) is 3.06. The molecule has 0 heterocycles. The Balaban J connectivity index is 4.07. The summed E-state index contributed by atoms with van der Waals surface area (Å²) in [4.78, 5) is 0. The number of hydrogen-bond donors (Lipinski definition) is 1. The quantitative estimate of drug-likeness (QED) is 0.600. The molecule has 0 amide bonds. The van der Waals surface area contributed by atoms with Crippen LogP contribution in [0.25, 0.3) is 0 Å². The second kappa shape index (κ2) is 5.08. The van der Waals surface area contributed by atoms with Gasteiger partial charge in [0.25, 0.3) is 0 Å². The molecule has 0 saturated heterocycles. The molecule has 1 heteroatoms. The lowest BCUT2D eigenvalue weighted by Gasteiger charge is -2.33. The van der Waals surface area contributed by atoms with E-state index in [1.807, 2.05) is 0 Å². The first-order chi connectivity index (χ1) is 5.10. The molecule has 0 bridgehead atoms. The van der Waals surface area contributed by atoms with Crippen LogP contribution in [-0.4, -0.2) is 5.25 Å². The number of hydrogen-bond acceptors (Lipinski definition) is 1. The van der Waals surface area contributed by atoms with E-state index in [2.05, 4.69) is 40.3 Å². The maximum absolute atomic E-state index is 4.62. The summed E-state index contributed by atoms with van der Waals surface area (Å²) in [6, 6.07) is 0. The summed E-state index contributed by atoms with van der Waals surface area (Å²) in [7, 11) is 0. The molecule has 0 spiro atoms. The SMILES string of the molecule is CCCC(C)(CC)C(S)CC. The van der Waals surface area contributed by atoms with Crippen LogP contribution in [0.5, 0.6) is 0 Å². The van der Waals surface area contributed by atoms with Gasteiger partial charge in [-0.3, -0.25) is 0 Å². The van der Waals surface area contributed by atoms with Gasteiger partial charge in [0, 0.05) is 5.25 Å². The first kappa shape index (κ1) is 11.4. The molecule has 2 unspecified atom stereocenters. The summed E-state index contributed by atoms with van der Waals surface area (Å²) in [6.45, 7) is 9.11. The molecule has 2 atom stereocenters. The van der Waals surface area contributed by atoms with Crippen molar-refractivity contribution in [2.24, 2.45) is 5.41 Å². The van der Waals surface area contributed by atoms with Gasteiger partial charge >= 0.3 is 0 Å². The van der Waals surface area contributed by atoms with Crippen molar-refractivity contribution >= 4 is 12.6 Å². The van der Waals surface area contributed by atoms with Crippen LogP contribution >= 0.6 is 12.6 Å². The van der Waals surface area contributed by atoms with E-state index in [0.29, 0.717) is 10.7 Å². The smallest absolute Gasteiger partial charge is 0.00679 e. The summed E-state index contributed by atoms with van der Waals surface area (Å²) < 4.78 is 0. The maximum Gasteiger partial charge on any atom is 0.00679 e. The third-order valence-electron chi connectivity index (χ3n) is 2.82. The van der Waals surface area contributed by atoms with E-state index < -0.39 is 0 Å². The van der Waals surface area contributed by atoms with Gasteiger partial charge in [-0.15, -0.1) is 0 Å². The van der Waals surface area contributed by atoms with Crippen molar-refractivity contribution in [1.82, 2.24) is 0 Å². The highest BCUT2D eigenvalue weighted by Gasteiger charge is 2.27. The molecule has 11 heavy (non-hydrogen) atoms. The molecule has 0 aliphatic carbocycles. The molecule has 0 nitrogen and oxygen atoms in total. The van der Waals surface area contributed by atoms with E-state index in [0.717, 1.165) is 0 Å². The minimum Gasteiger partial charge on any atom is -0.175 e. The predicted molar refractivity (Wildman–Crippen MR) is 56.4 cm³/mol. The van der Waals surface area contributed by atoms with Gasteiger partial charge in [-0.25, -0.2) is 0 Å². The molecule has 0 N–H and O–H groups in total. The molecule has 0 saturated carbocycles. The van der Waals surface area contributed by atoms with E-state index >= 15 is 0 Å². The predicted octanol–water partition coefficient (Wildman–Crippen LogP) is 3.91. The second-order valence-electron chi connectivity index (χ2n) is 3.68. The Kier molecular flexibility index (Phi) is 5.24. The molecular weight excluding hydrogens is 152 g/mol. The summed E-state index contributed by atoms with van der Waals surface area (Å²) in [5.74, 6) is 0. The average Bonchev–Trinajstić information content (AvgIpc) is 2.03. The standard InChI is InChI=1S/C10H22S/c1-5-8-10(4,7-3)9(11)6-2/h9,11H,5-8H2,1-4H3. The van der Waals surface area contributed by atoms with Crippen molar-refractivity contribution in [2.75, 3.05) is 0 Å². The van der Waals surface area contributed by atoms with Crippen LogP contribution in [0.2, 0.25) is 0 Å². The molecule has 68 valence electrons. The summed E-state index contributed by atoms with van der Waals surface area (Å²) in [5.41, 5.74) is 0.465. The molecule has 0 aliphatic heterocycles. The Bertz CT molecular complexity index is 101. The summed E-state index contributed by atoms with van der Waals surface area (Å²) >= 11 is 4.62. The fourth-order valence-corrected chi connectivity index (χ4v) is 1.95. The van der Waals surface area contributed by atoms with Crippen LogP contribution < -0.4 is 0 Å². The Morgan fingerprint density at radius 1 is 1.27 bits per heavy atom. The lowest BCUT2D eigenvalue weighted by Crippen LogP contribution is -2.26. The van der Waals surface area contributed by atoms with Crippen molar-refractivity contribution in [2.45, 2.75) is 58.6 Å². The number of thiol groups is 1. The fraction of sp³-hybridized carbons (Fsp3) is 1.00. The first-order valence-electron chi connectivity index (χ1n) is 4.78. The van der Waals surface area contributed by atoms with E-state index in [9.17, 15) is 0 Å². The highest BCUT2D eigenvalue weighted by molar-refractivity contribution is 7.81. The molecule has 0 radical (unpaired) electrons. The zero-order chi connectivity index (χ0) is 8.91. The van der Waals surface area contributed by atoms with Gasteiger partial charge in [-0.1, -0.05) is 34.1 Å². The van der Waals surface area contributed by atoms with E-state index in [-0.39, 0.29) is 0 Å². The second-order valence-corrected chi connectivity index (χ2v) is 4.30. The Morgan fingerprint density at radius 3 is 2.09 bits per heavy atom. The average molecular weight is 174 g/mol. The van der Waals surface area contributed by atoms with Crippen LogP contribution in [0.1, 0.15) is 53.4 Å². The van der Waals surface area contributed by atoms with Crippen LogP contribution in [0, 0.1) is 5.41 Å². The minimum atomic E-state index is 0.465. The normalized spacial score (nSPS) is 19.4. The Hall–Kier alpha value is 0.350. The van der Waals surface area contributed by atoms with Gasteiger partial charge in [-0.2, -0.15) is 12.6 Å². The summed E-state index contributed by atoms with van der Waals surface area (Å²) in [6.07, 6.45) is 5.03. The van der Waals surface area contributed by atoms with E-state index in [4.69, 9.17) is 0 Å². The maximum atomic E-state index is 4.62. The Morgan fingerprint density at radius 2 is 1.82 bits per heavy atom. The van der Waals surface area contributed by atoms with Crippen molar-refractivity contribution in [3.05, 3.63) is 0 Å². The lowest BCUT2D eigenvalue weighted by molar-refractivity contribution is 0.268. The van der Waals surface area contributed by atoms with E-state index in [1.165, 1.54) is 25.7 Å². The lowest BCUT2D eigenvalue weighted by atomic mass is 9.78. The van der Waals surface area contributed by atoms with Crippen molar-refractivity contribution in [1.29, 1.82) is 0 Å². The summed E-state index contributed by atoms with van der Waals surface area (Å²) in [5, 5.41) is 0.576. The van der Waals surface area contributed by atoms with Gasteiger partial charge < -0.3 is 0 Å². The van der Waals surface area contributed by atoms with Gasteiger partial charge in [0.15, 0.2) is 0 Å². The minimum absolute atomic E-state index is 0.465. The van der Waals surface area contributed by atoms with Crippen LogP contribution in [0.4, 0.5) is 0 Å². The molecule has 0 rings (SSSR count). The zero-order valence-corrected chi connectivity index (χ0v) is 9.25. The highest BCUT2D eigenvalue weighted by Crippen LogP contribution is 2.36. The van der Waals surface area contributed by atoms with Crippen molar-refractivity contribution in [3.63, 3.8) is 0 Å². The van der Waals surface area contributed by atoms with Crippen LogP contribution in [0.3, 0.4) is 0 Å². The molecular formula is C10H22S. The largest absolute Gasteiger partial charge is 0.175 e. The first-order valence-corrected chi connectivity index (χ1v) is 5.30. The fourth-order valence-electron chi connectivity index (χ4n) is 1.64. The zero-order valence-electron chi connectivity index (χ0n) is 8.35. The van der Waals surface area contributed by atoms with Crippen LogP contribution in [-0.2, 0) is 0 Å². The topological polar surface area (TPSA) is 0 Å². The van der Waals surface area contributed by atoms with Gasteiger partial charge in [0.2, 0.25) is 0 Å². The molecule has 0 fully saturated rings. The van der Waals surface area contributed by atoms with Gasteiger partial charge in [0.1, 0.15) is 0 Å². The highest BCUT2D eigenvalue weighted by atomic mass is 32.1. The van der Waals surface area contributed by atoms with Gasteiger partial charge in [0.05, 0.1) is 0 Å². The van der Waals surface area contributed by atoms with Crippen molar-refractivity contribution < 1.29 is 0 Å². The monoisotopic (exact) mass is 174 g/mol. The van der Waals surface area contributed by atoms with E-state index in [1.54, 1.807) is 0 Å². The molecule has 0 aromatic rings. The third-order valence-corrected chi connectivity index (χ3v) is 3.81.